The van der Waals surface area contributed by atoms with Crippen molar-refractivity contribution in [1.29, 1.82) is 0 Å². The number of rotatable bonds is 5. The van der Waals surface area contributed by atoms with Gasteiger partial charge in [0.1, 0.15) is 5.82 Å². The van der Waals surface area contributed by atoms with Crippen molar-refractivity contribution in [3.63, 3.8) is 0 Å². The van der Waals surface area contributed by atoms with Gasteiger partial charge in [-0.25, -0.2) is 4.39 Å². The third kappa shape index (κ3) is 4.17. The van der Waals surface area contributed by atoms with Crippen molar-refractivity contribution in [3.05, 3.63) is 35.1 Å². The lowest BCUT2D eigenvalue weighted by Gasteiger charge is -2.28. The van der Waals surface area contributed by atoms with E-state index in [-0.39, 0.29) is 11.9 Å². The number of oxime groups is 1. The molecule has 0 saturated heterocycles. The number of ether oxygens (including phenoxy) is 1. The van der Waals surface area contributed by atoms with Gasteiger partial charge in [-0.3, -0.25) is 0 Å². The van der Waals surface area contributed by atoms with Gasteiger partial charge in [-0.05, 0) is 36.5 Å². The summed E-state index contributed by atoms with van der Waals surface area (Å²) in [4.78, 5) is 0. The van der Waals surface area contributed by atoms with Gasteiger partial charge in [0, 0.05) is 5.56 Å². The molecule has 0 radical (unpaired) electrons. The highest BCUT2D eigenvalue weighted by Gasteiger charge is 2.21. The van der Waals surface area contributed by atoms with Crippen LogP contribution in [0.3, 0.4) is 0 Å². The summed E-state index contributed by atoms with van der Waals surface area (Å²) in [6.45, 7) is 2.57. The first-order valence-electron chi connectivity index (χ1n) is 7.52. The molecular formula is C16H23FN2O2. The van der Waals surface area contributed by atoms with Gasteiger partial charge in [0.05, 0.1) is 12.7 Å². The summed E-state index contributed by atoms with van der Waals surface area (Å²) in [5, 5.41) is 11.7. The van der Waals surface area contributed by atoms with Gasteiger partial charge < -0.3 is 15.7 Å². The molecule has 3 N–H and O–H groups in total. The van der Waals surface area contributed by atoms with E-state index in [1.807, 2.05) is 0 Å². The van der Waals surface area contributed by atoms with Crippen LogP contribution in [0.2, 0.25) is 0 Å². The summed E-state index contributed by atoms with van der Waals surface area (Å²) in [7, 11) is 0. The molecule has 0 amide bonds. The van der Waals surface area contributed by atoms with Crippen LogP contribution in [0.4, 0.5) is 4.39 Å². The predicted octanol–water partition coefficient (Wildman–Crippen LogP) is 3.41. The number of amidine groups is 1. The molecule has 2 unspecified atom stereocenters. The zero-order valence-electron chi connectivity index (χ0n) is 12.4. The molecule has 1 aromatic rings. The molecule has 1 aromatic carbocycles. The Bertz CT molecular complexity index is 505. The largest absolute Gasteiger partial charge is 0.409 e. The maximum Gasteiger partial charge on any atom is 0.170 e. The molecule has 1 fully saturated rings. The average molecular weight is 294 g/mol. The van der Waals surface area contributed by atoms with E-state index in [9.17, 15) is 4.39 Å². The van der Waals surface area contributed by atoms with Crippen LogP contribution in [0.1, 0.15) is 50.2 Å². The van der Waals surface area contributed by atoms with E-state index in [2.05, 4.69) is 12.1 Å². The highest BCUT2D eigenvalue weighted by molar-refractivity contribution is 5.98. The second-order valence-electron chi connectivity index (χ2n) is 5.66. The quantitative estimate of drug-likeness (QED) is 0.378. The van der Waals surface area contributed by atoms with Gasteiger partial charge in [-0.2, -0.15) is 0 Å². The SMILES string of the molecule is CCC1CCCC(OCc2ccc(F)cc2C(N)=NO)C1. The standard InChI is InChI=1S/C16H23FN2O2/c1-2-11-4-3-5-14(8-11)21-10-12-6-7-13(17)9-15(12)16(18)19-20/h6-7,9,11,14,20H,2-5,8,10H2,1H3,(H2,18,19). The summed E-state index contributed by atoms with van der Waals surface area (Å²) in [5.74, 6) is 0.229. The Kier molecular flexibility index (Phi) is 5.56. The highest BCUT2D eigenvalue weighted by atomic mass is 19.1. The molecule has 0 spiro atoms. The van der Waals surface area contributed by atoms with Crippen molar-refractivity contribution < 1.29 is 14.3 Å². The zero-order chi connectivity index (χ0) is 15.2. The molecule has 0 aliphatic heterocycles. The number of nitrogens with two attached hydrogens (primary N) is 1. The molecule has 0 aromatic heterocycles. The van der Waals surface area contributed by atoms with Crippen LogP contribution in [0.25, 0.3) is 0 Å². The third-order valence-electron chi connectivity index (χ3n) is 4.24. The molecule has 116 valence electrons. The van der Waals surface area contributed by atoms with Crippen LogP contribution in [0.15, 0.2) is 23.4 Å². The van der Waals surface area contributed by atoms with Crippen molar-refractivity contribution >= 4 is 5.84 Å². The van der Waals surface area contributed by atoms with Crippen LogP contribution in [-0.4, -0.2) is 17.1 Å². The monoisotopic (exact) mass is 294 g/mol. The molecule has 4 nitrogen and oxygen atoms in total. The van der Waals surface area contributed by atoms with E-state index in [1.165, 1.54) is 31.4 Å². The fourth-order valence-electron chi connectivity index (χ4n) is 2.94. The topological polar surface area (TPSA) is 67.8 Å². The molecule has 1 aliphatic carbocycles. The van der Waals surface area contributed by atoms with E-state index in [4.69, 9.17) is 15.7 Å². The van der Waals surface area contributed by atoms with Gasteiger partial charge in [-0.15, -0.1) is 0 Å². The first kappa shape index (κ1) is 15.8. The van der Waals surface area contributed by atoms with Crippen LogP contribution in [0, 0.1) is 11.7 Å². The Balaban J connectivity index is 2.03. The van der Waals surface area contributed by atoms with Gasteiger partial charge in [0.15, 0.2) is 5.84 Å². The molecule has 2 rings (SSSR count). The first-order chi connectivity index (χ1) is 10.1. The summed E-state index contributed by atoms with van der Waals surface area (Å²) < 4.78 is 19.3. The van der Waals surface area contributed by atoms with Crippen LogP contribution in [0.5, 0.6) is 0 Å². The number of hydrogen-bond acceptors (Lipinski definition) is 3. The van der Waals surface area contributed by atoms with Crippen molar-refractivity contribution in [2.75, 3.05) is 0 Å². The van der Waals surface area contributed by atoms with Crippen molar-refractivity contribution in [2.45, 2.75) is 51.7 Å². The fraction of sp³-hybridized carbons (Fsp3) is 0.562. The molecule has 1 aliphatic rings. The Morgan fingerprint density at radius 1 is 1.48 bits per heavy atom. The van der Waals surface area contributed by atoms with E-state index in [0.29, 0.717) is 12.2 Å². The van der Waals surface area contributed by atoms with E-state index < -0.39 is 5.82 Å². The number of nitrogens with zero attached hydrogens (tertiary/aromatic N) is 1. The Labute approximate surface area is 124 Å². The third-order valence-corrected chi connectivity index (χ3v) is 4.24. The van der Waals surface area contributed by atoms with Crippen molar-refractivity contribution in [3.8, 4) is 0 Å². The normalized spacial score (nSPS) is 23.2. The van der Waals surface area contributed by atoms with Crippen LogP contribution in [-0.2, 0) is 11.3 Å². The molecule has 0 bridgehead atoms. The second-order valence-corrected chi connectivity index (χ2v) is 5.66. The Hall–Kier alpha value is -1.62. The maximum absolute atomic E-state index is 13.3. The van der Waals surface area contributed by atoms with Crippen LogP contribution < -0.4 is 5.73 Å². The summed E-state index contributed by atoms with van der Waals surface area (Å²) >= 11 is 0. The van der Waals surface area contributed by atoms with Gasteiger partial charge in [-0.1, -0.05) is 37.4 Å². The van der Waals surface area contributed by atoms with Crippen molar-refractivity contribution in [2.24, 2.45) is 16.8 Å². The van der Waals surface area contributed by atoms with Gasteiger partial charge in [0.25, 0.3) is 0 Å². The number of halogens is 1. The number of benzene rings is 1. The lowest BCUT2D eigenvalue weighted by Crippen LogP contribution is -2.23. The minimum atomic E-state index is -0.413. The highest BCUT2D eigenvalue weighted by Crippen LogP contribution is 2.29. The Morgan fingerprint density at radius 2 is 2.29 bits per heavy atom. The van der Waals surface area contributed by atoms with Crippen molar-refractivity contribution in [1.82, 2.24) is 0 Å². The smallest absolute Gasteiger partial charge is 0.170 e. The van der Waals surface area contributed by atoms with E-state index in [0.717, 1.165) is 24.3 Å². The second kappa shape index (κ2) is 7.41. The molecular weight excluding hydrogens is 271 g/mol. The molecule has 5 heteroatoms. The summed E-state index contributed by atoms with van der Waals surface area (Å²) in [5.41, 5.74) is 6.72. The molecule has 0 heterocycles. The predicted molar refractivity (Wildman–Crippen MR) is 79.7 cm³/mol. The maximum atomic E-state index is 13.3. The average Bonchev–Trinajstić information content (AvgIpc) is 2.53. The van der Waals surface area contributed by atoms with E-state index in [1.54, 1.807) is 6.07 Å². The molecule has 2 atom stereocenters. The minimum absolute atomic E-state index is 0.0943. The van der Waals surface area contributed by atoms with Gasteiger partial charge >= 0.3 is 0 Å². The fourth-order valence-corrected chi connectivity index (χ4v) is 2.94. The number of hydrogen-bond donors (Lipinski definition) is 2. The minimum Gasteiger partial charge on any atom is -0.409 e. The van der Waals surface area contributed by atoms with Gasteiger partial charge in [0.2, 0.25) is 0 Å². The van der Waals surface area contributed by atoms with Crippen LogP contribution >= 0.6 is 0 Å². The molecule has 21 heavy (non-hydrogen) atoms. The zero-order valence-corrected chi connectivity index (χ0v) is 12.4. The Morgan fingerprint density at radius 3 is 3.00 bits per heavy atom. The summed E-state index contributed by atoms with van der Waals surface area (Å²) in [6.07, 6.45) is 6.05. The lowest BCUT2D eigenvalue weighted by atomic mass is 9.85. The first-order valence-corrected chi connectivity index (χ1v) is 7.52. The summed E-state index contributed by atoms with van der Waals surface area (Å²) in [6, 6.07) is 4.26. The molecule has 1 saturated carbocycles. The van der Waals surface area contributed by atoms with E-state index >= 15 is 0 Å². The lowest BCUT2D eigenvalue weighted by molar-refractivity contribution is 0.00169.